The van der Waals surface area contributed by atoms with Crippen LogP contribution in [0.5, 0.6) is 0 Å². The van der Waals surface area contributed by atoms with Crippen LogP contribution in [0.2, 0.25) is 0 Å². The maximum Gasteiger partial charge on any atom is 0.389 e. The smallest absolute Gasteiger partial charge is 0.313 e. The van der Waals surface area contributed by atoms with Gasteiger partial charge < -0.3 is 5.32 Å². The van der Waals surface area contributed by atoms with E-state index in [4.69, 9.17) is 5.26 Å². The van der Waals surface area contributed by atoms with Gasteiger partial charge in [0, 0.05) is 19.2 Å². The van der Waals surface area contributed by atoms with Crippen LogP contribution in [0.4, 0.5) is 13.2 Å². The number of nitriles is 1. The largest absolute Gasteiger partial charge is 0.389 e. The predicted molar refractivity (Wildman–Crippen MR) is 60.6 cm³/mol. The summed E-state index contributed by atoms with van der Waals surface area (Å²) in [4.78, 5) is 3.83. The first-order valence-corrected chi connectivity index (χ1v) is 5.64. The summed E-state index contributed by atoms with van der Waals surface area (Å²) in [7, 11) is 0. The molecule has 1 aromatic heterocycles. The lowest BCUT2D eigenvalue weighted by atomic mass is 10.2. The lowest BCUT2D eigenvalue weighted by molar-refractivity contribution is -0.135. The minimum atomic E-state index is -4.06. The third-order valence-electron chi connectivity index (χ3n) is 2.33. The standard InChI is InChI=1S/C12H14F3N3/c13-12(14,15)4-1-2-5-17-9-10-3-6-18-11(7-10)8-16/h3,6-7,17H,1-2,4-5,9H2. The summed E-state index contributed by atoms with van der Waals surface area (Å²) < 4.78 is 35.6. The van der Waals surface area contributed by atoms with Crippen LogP contribution in [0, 0.1) is 11.3 Å². The predicted octanol–water partition coefficient (Wildman–Crippen LogP) is 2.78. The molecule has 1 rings (SSSR count). The lowest BCUT2D eigenvalue weighted by Crippen LogP contribution is -2.16. The van der Waals surface area contributed by atoms with E-state index < -0.39 is 12.6 Å². The second-order valence-corrected chi connectivity index (χ2v) is 3.91. The van der Waals surface area contributed by atoms with Crippen LogP contribution in [0.15, 0.2) is 18.3 Å². The molecule has 1 heterocycles. The number of nitrogens with one attached hydrogen (secondary N) is 1. The average molecular weight is 257 g/mol. The van der Waals surface area contributed by atoms with Gasteiger partial charge >= 0.3 is 6.18 Å². The van der Waals surface area contributed by atoms with Crippen molar-refractivity contribution in [2.24, 2.45) is 0 Å². The van der Waals surface area contributed by atoms with Crippen LogP contribution in [-0.2, 0) is 6.54 Å². The molecule has 0 radical (unpaired) electrons. The zero-order valence-electron chi connectivity index (χ0n) is 9.80. The number of nitrogens with zero attached hydrogens (tertiary/aromatic N) is 2. The Balaban J connectivity index is 2.16. The van der Waals surface area contributed by atoms with Gasteiger partial charge in [0.05, 0.1) is 0 Å². The van der Waals surface area contributed by atoms with Gasteiger partial charge in [-0.1, -0.05) is 0 Å². The van der Waals surface area contributed by atoms with Crippen molar-refractivity contribution < 1.29 is 13.2 Å². The normalized spacial score (nSPS) is 11.2. The summed E-state index contributed by atoms with van der Waals surface area (Å²) in [6, 6.07) is 5.35. The fourth-order valence-electron chi connectivity index (χ4n) is 1.45. The molecule has 3 nitrogen and oxygen atoms in total. The van der Waals surface area contributed by atoms with Gasteiger partial charge in [-0.3, -0.25) is 0 Å². The zero-order chi connectivity index (χ0) is 13.4. The van der Waals surface area contributed by atoms with Crippen molar-refractivity contribution >= 4 is 0 Å². The average Bonchev–Trinajstić information content (AvgIpc) is 2.32. The number of alkyl halides is 3. The van der Waals surface area contributed by atoms with Crippen LogP contribution in [-0.4, -0.2) is 17.7 Å². The van der Waals surface area contributed by atoms with Crippen LogP contribution in [0.25, 0.3) is 0 Å². The van der Waals surface area contributed by atoms with Crippen molar-refractivity contribution in [1.29, 1.82) is 5.26 Å². The van der Waals surface area contributed by atoms with Crippen molar-refractivity contribution in [3.05, 3.63) is 29.6 Å². The Hall–Kier alpha value is -1.61. The molecule has 1 aromatic rings. The number of hydrogen-bond acceptors (Lipinski definition) is 3. The van der Waals surface area contributed by atoms with Gasteiger partial charge in [0.25, 0.3) is 0 Å². The Morgan fingerprint density at radius 1 is 1.33 bits per heavy atom. The summed E-state index contributed by atoms with van der Waals surface area (Å²) in [6.45, 7) is 1.06. The highest BCUT2D eigenvalue weighted by atomic mass is 19.4. The molecule has 0 aliphatic rings. The van der Waals surface area contributed by atoms with E-state index in [0.29, 0.717) is 25.2 Å². The quantitative estimate of drug-likeness (QED) is 0.797. The topological polar surface area (TPSA) is 48.7 Å². The summed E-state index contributed by atoms with van der Waals surface area (Å²) in [5.74, 6) is 0. The van der Waals surface area contributed by atoms with Gasteiger partial charge in [-0.2, -0.15) is 18.4 Å². The molecule has 6 heteroatoms. The highest BCUT2D eigenvalue weighted by Gasteiger charge is 2.25. The Morgan fingerprint density at radius 3 is 2.78 bits per heavy atom. The Labute approximate surface area is 104 Å². The molecule has 0 aromatic carbocycles. The first-order chi connectivity index (χ1) is 8.51. The molecule has 0 aliphatic heterocycles. The number of halogens is 3. The van der Waals surface area contributed by atoms with E-state index in [-0.39, 0.29) is 6.42 Å². The van der Waals surface area contributed by atoms with Crippen molar-refractivity contribution in [2.45, 2.75) is 32.0 Å². The molecule has 0 aliphatic carbocycles. The van der Waals surface area contributed by atoms with Gasteiger partial charge in [-0.25, -0.2) is 4.98 Å². The third-order valence-corrected chi connectivity index (χ3v) is 2.33. The number of rotatable bonds is 6. The summed E-state index contributed by atoms with van der Waals surface area (Å²) >= 11 is 0. The van der Waals surface area contributed by atoms with Gasteiger partial charge in [0.1, 0.15) is 11.8 Å². The molecular formula is C12H14F3N3. The molecule has 1 N–H and O–H groups in total. The molecule has 0 saturated heterocycles. The van der Waals surface area contributed by atoms with Crippen LogP contribution in [0.1, 0.15) is 30.5 Å². The van der Waals surface area contributed by atoms with Gasteiger partial charge in [0.2, 0.25) is 0 Å². The van der Waals surface area contributed by atoms with Crippen molar-refractivity contribution in [1.82, 2.24) is 10.3 Å². The summed E-state index contributed by atoms with van der Waals surface area (Å²) in [5.41, 5.74) is 1.24. The lowest BCUT2D eigenvalue weighted by Gasteiger charge is -2.07. The second-order valence-electron chi connectivity index (χ2n) is 3.91. The third kappa shape index (κ3) is 6.21. The number of hydrogen-bond donors (Lipinski definition) is 1. The first kappa shape index (κ1) is 14.5. The van der Waals surface area contributed by atoms with E-state index in [1.54, 1.807) is 18.3 Å². The summed E-state index contributed by atoms with van der Waals surface area (Å²) in [5, 5.41) is 11.7. The number of pyridine rings is 1. The van der Waals surface area contributed by atoms with E-state index in [9.17, 15) is 13.2 Å². The monoisotopic (exact) mass is 257 g/mol. The SMILES string of the molecule is N#Cc1cc(CNCCCCC(F)(F)F)ccn1. The minimum absolute atomic E-state index is 0.135. The number of unbranched alkanes of at least 4 members (excludes halogenated alkanes) is 1. The molecule has 18 heavy (non-hydrogen) atoms. The van der Waals surface area contributed by atoms with E-state index >= 15 is 0 Å². The van der Waals surface area contributed by atoms with E-state index in [1.165, 1.54) is 0 Å². The van der Waals surface area contributed by atoms with Crippen molar-refractivity contribution in [2.75, 3.05) is 6.54 Å². The maximum atomic E-state index is 11.9. The highest BCUT2D eigenvalue weighted by Crippen LogP contribution is 2.21. The van der Waals surface area contributed by atoms with Gasteiger partial charge in [-0.15, -0.1) is 0 Å². The molecule has 0 bridgehead atoms. The Morgan fingerprint density at radius 2 is 2.11 bits per heavy atom. The molecule has 0 spiro atoms. The first-order valence-electron chi connectivity index (χ1n) is 5.64. The maximum absolute atomic E-state index is 11.9. The molecule has 0 fully saturated rings. The molecule has 0 amide bonds. The van der Waals surface area contributed by atoms with E-state index in [0.717, 1.165) is 5.56 Å². The summed E-state index contributed by atoms with van der Waals surface area (Å²) in [6.07, 6.45) is -2.64. The highest BCUT2D eigenvalue weighted by molar-refractivity contribution is 5.25. The molecule has 98 valence electrons. The van der Waals surface area contributed by atoms with E-state index in [1.807, 2.05) is 6.07 Å². The fourth-order valence-corrected chi connectivity index (χ4v) is 1.45. The molecule has 0 saturated carbocycles. The van der Waals surface area contributed by atoms with Crippen LogP contribution in [0.3, 0.4) is 0 Å². The van der Waals surface area contributed by atoms with Gasteiger partial charge in [-0.05, 0) is 37.1 Å². The van der Waals surface area contributed by atoms with Crippen molar-refractivity contribution in [3.63, 3.8) is 0 Å². The zero-order valence-corrected chi connectivity index (χ0v) is 9.80. The van der Waals surface area contributed by atoms with Gasteiger partial charge in [0.15, 0.2) is 0 Å². The molecule has 0 unspecified atom stereocenters. The van der Waals surface area contributed by atoms with Crippen LogP contribution >= 0.6 is 0 Å². The van der Waals surface area contributed by atoms with Crippen molar-refractivity contribution in [3.8, 4) is 6.07 Å². The number of aromatic nitrogens is 1. The fraction of sp³-hybridized carbons (Fsp3) is 0.500. The minimum Gasteiger partial charge on any atom is -0.313 e. The van der Waals surface area contributed by atoms with E-state index in [2.05, 4.69) is 10.3 Å². The second kappa shape index (κ2) is 6.97. The Kier molecular flexibility index (Phi) is 5.59. The Bertz CT molecular complexity index is 410. The van der Waals surface area contributed by atoms with Crippen LogP contribution < -0.4 is 5.32 Å². The molecule has 0 atom stereocenters. The molecular weight excluding hydrogens is 243 g/mol.